The van der Waals surface area contributed by atoms with Crippen LogP contribution >= 0.6 is 12.6 Å². The minimum Gasteiger partial charge on any atom is -0.179 e. The van der Waals surface area contributed by atoms with E-state index < -0.39 is 0 Å². The van der Waals surface area contributed by atoms with Crippen molar-refractivity contribution in [1.82, 2.24) is 0 Å². The summed E-state index contributed by atoms with van der Waals surface area (Å²) in [6.07, 6.45) is 21.7. The minimum atomic E-state index is 0.896. The molecule has 0 atom stereocenters. The number of hydrogen-bond donors (Lipinski definition) is 1. The van der Waals surface area contributed by atoms with Crippen LogP contribution in [-0.2, 0) is 0 Å². The summed E-state index contributed by atoms with van der Waals surface area (Å²) in [6, 6.07) is 0. The first-order valence-electron chi connectivity index (χ1n) is 9.38. The molecule has 0 radical (unpaired) electrons. The van der Waals surface area contributed by atoms with E-state index >= 15 is 0 Å². The average Bonchev–Trinajstić information content (AvgIpc) is 2.43. The molecule has 0 amide bonds. The van der Waals surface area contributed by atoms with E-state index in [2.05, 4.69) is 26.5 Å². The molecule has 0 N–H and O–H groups in total. The van der Waals surface area contributed by atoms with Gasteiger partial charge in [-0.15, -0.1) is 0 Å². The summed E-state index contributed by atoms with van der Waals surface area (Å²) in [5, 5.41) is 0. The van der Waals surface area contributed by atoms with Gasteiger partial charge in [0.1, 0.15) is 0 Å². The molecule has 0 saturated heterocycles. The van der Waals surface area contributed by atoms with Gasteiger partial charge >= 0.3 is 0 Å². The Labute approximate surface area is 134 Å². The van der Waals surface area contributed by atoms with E-state index in [0.29, 0.717) is 0 Å². The molecule has 0 unspecified atom stereocenters. The number of unbranched alkanes of at least 4 members (excludes halogenated alkanes) is 13. The van der Waals surface area contributed by atoms with E-state index in [1.165, 1.54) is 96.3 Å². The van der Waals surface area contributed by atoms with Gasteiger partial charge in [-0.05, 0) is 18.1 Å². The summed E-state index contributed by atoms with van der Waals surface area (Å²) in [4.78, 5) is 0. The van der Waals surface area contributed by atoms with Crippen molar-refractivity contribution in [2.45, 2.75) is 110 Å². The van der Waals surface area contributed by atoms with Gasteiger partial charge in [0, 0.05) is 0 Å². The summed E-state index contributed by atoms with van der Waals surface area (Å²) in [5.41, 5.74) is 0. The zero-order valence-electron chi connectivity index (χ0n) is 14.3. The third kappa shape index (κ3) is 18.4. The number of rotatable bonds is 16. The van der Waals surface area contributed by atoms with Crippen LogP contribution in [0.2, 0.25) is 0 Å². The largest absolute Gasteiger partial charge is 0.179 e. The van der Waals surface area contributed by atoms with E-state index in [9.17, 15) is 0 Å². The molecule has 122 valence electrons. The Hall–Kier alpha value is 0.350. The molecule has 0 bridgehead atoms. The van der Waals surface area contributed by atoms with E-state index in [0.717, 1.165) is 11.7 Å². The predicted molar refractivity (Wildman–Crippen MR) is 97.9 cm³/mol. The molecule has 0 aromatic heterocycles. The average molecular weight is 301 g/mol. The van der Waals surface area contributed by atoms with Crippen molar-refractivity contribution in [3.05, 3.63) is 0 Å². The molecule has 0 aliphatic rings. The highest BCUT2D eigenvalue weighted by Gasteiger charge is 1.95. The monoisotopic (exact) mass is 300 g/mol. The van der Waals surface area contributed by atoms with Crippen LogP contribution < -0.4 is 0 Å². The lowest BCUT2D eigenvalue weighted by atomic mass is 10.0. The fourth-order valence-corrected chi connectivity index (χ4v) is 3.01. The zero-order chi connectivity index (χ0) is 14.9. The van der Waals surface area contributed by atoms with Gasteiger partial charge in [-0.1, -0.05) is 104 Å². The highest BCUT2D eigenvalue weighted by molar-refractivity contribution is 7.80. The second-order valence-electron chi connectivity index (χ2n) is 6.86. The topological polar surface area (TPSA) is 0 Å². The third-order valence-corrected chi connectivity index (χ3v) is 4.51. The Morgan fingerprint density at radius 3 is 1.10 bits per heavy atom. The molecule has 0 heterocycles. The van der Waals surface area contributed by atoms with Crippen LogP contribution in [0.1, 0.15) is 110 Å². The Morgan fingerprint density at radius 1 is 0.500 bits per heavy atom. The third-order valence-electron chi connectivity index (χ3n) is 4.19. The van der Waals surface area contributed by atoms with Crippen molar-refractivity contribution in [1.29, 1.82) is 0 Å². The first kappa shape index (κ1) is 20.3. The second-order valence-corrected chi connectivity index (χ2v) is 7.30. The molecule has 0 aromatic carbocycles. The van der Waals surface area contributed by atoms with Crippen LogP contribution in [0.5, 0.6) is 0 Å². The molecular weight excluding hydrogens is 260 g/mol. The lowest BCUT2D eigenvalue weighted by Gasteiger charge is -2.04. The quantitative estimate of drug-likeness (QED) is 0.222. The fraction of sp³-hybridized carbons (Fsp3) is 1.00. The van der Waals surface area contributed by atoms with Gasteiger partial charge in [0.2, 0.25) is 0 Å². The van der Waals surface area contributed by atoms with Gasteiger partial charge < -0.3 is 0 Å². The predicted octanol–water partition coefficient (Wildman–Crippen LogP) is 7.42. The van der Waals surface area contributed by atoms with Gasteiger partial charge in [0.15, 0.2) is 0 Å². The van der Waals surface area contributed by atoms with Crippen molar-refractivity contribution in [2.75, 3.05) is 5.75 Å². The van der Waals surface area contributed by atoms with Crippen LogP contribution in [0, 0.1) is 5.92 Å². The maximum atomic E-state index is 4.25. The zero-order valence-corrected chi connectivity index (χ0v) is 15.2. The SMILES string of the molecule is CC(C)CCCCCCCCCCCCCCCCS. The van der Waals surface area contributed by atoms with Gasteiger partial charge in [0.05, 0.1) is 0 Å². The Balaban J connectivity index is 2.92. The van der Waals surface area contributed by atoms with Crippen molar-refractivity contribution in [3.63, 3.8) is 0 Å². The Morgan fingerprint density at radius 2 is 0.800 bits per heavy atom. The highest BCUT2D eigenvalue weighted by Crippen LogP contribution is 2.14. The van der Waals surface area contributed by atoms with Crippen LogP contribution in [0.4, 0.5) is 0 Å². The van der Waals surface area contributed by atoms with Crippen LogP contribution in [0.15, 0.2) is 0 Å². The summed E-state index contributed by atoms with van der Waals surface area (Å²) >= 11 is 4.25. The molecule has 0 spiro atoms. The van der Waals surface area contributed by atoms with Crippen molar-refractivity contribution >= 4 is 12.6 Å². The molecule has 0 saturated carbocycles. The van der Waals surface area contributed by atoms with Crippen LogP contribution in [0.25, 0.3) is 0 Å². The molecular formula is C19H40S. The van der Waals surface area contributed by atoms with Gasteiger partial charge in [-0.3, -0.25) is 0 Å². The lowest BCUT2D eigenvalue weighted by Crippen LogP contribution is -1.87. The maximum absolute atomic E-state index is 4.25. The molecule has 20 heavy (non-hydrogen) atoms. The molecule has 0 aromatic rings. The molecule has 0 fully saturated rings. The van der Waals surface area contributed by atoms with E-state index in [4.69, 9.17) is 0 Å². The molecule has 0 rings (SSSR count). The fourth-order valence-electron chi connectivity index (χ4n) is 2.79. The standard InChI is InChI=1S/C19H40S/c1-19(2)17-15-13-11-9-7-5-3-4-6-8-10-12-14-16-18-20/h19-20H,3-18H2,1-2H3. The van der Waals surface area contributed by atoms with Crippen LogP contribution in [-0.4, -0.2) is 5.75 Å². The molecule has 0 nitrogen and oxygen atoms in total. The Bertz CT molecular complexity index is 165. The summed E-state index contributed by atoms with van der Waals surface area (Å²) < 4.78 is 0. The number of thiol groups is 1. The van der Waals surface area contributed by atoms with Gasteiger partial charge in [-0.2, -0.15) is 12.6 Å². The van der Waals surface area contributed by atoms with Crippen molar-refractivity contribution < 1.29 is 0 Å². The molecule has 0 aliphatic heterocycles. The number of hydrogen-bond acceptors (Lipinski definition) is 1. The minimum absolute atomic E-state index is 0.896. The van der Waals surface area contributed by atoms with Gasteiger partial charge in [-0.25, -0.2) is 0 Å². The first-order chi connectivity index (χ1) is 9.77. The smallest absolute Gasteiger partial charge is 0.00979 e. The molecule has 1 heteroatoms. The normalized spacial score (nSPS) is 11.4. The summed E-state index contributed by atoms with van der Waals surface area (Å²) in [7, 11) is 0. The highest BCUT2D eigenvalue weighted by atomic mass is 32.1. The maximum Gasteiger partial charge on any atom is -0.00979 e. The van der Waals surface area contributed by atoms with E-state index in [1.807, 2.05) is 0 Å². The van der Waals surface area contributed by atoms with Crippen LogP contribution in [0.3, 0.4) is 0 Å². The van der Waals surface area contributed by atoms with Gasteiger partial charge in [0.25, 0.3) is 0 Å². The Kier molecular flexibility index (Phi) is 17.7. The van der Waals surface area contributed by atoms with Crippen molar-refractivity contribution in [2.24, 2.45) is 5.92 Å². The summed E-state index contributed by atoms with van der Waals surface area (Å²) in [5.74, 6) is 1.96. The lowest BCUT2D eigenvalue weighted by molar-refractivity contribution is 0.502. The summed E-state index contributed by atoms with van der Waals surface area (Å²) in [6.45, 7) is 4.67. The van der Waals surface area contributed by atoms with E-state index in [-0.39, 0.29) is 0 Å². The van der Waals surface area contributed by atoms with Crippen molar-refractivity contribution in [3.8, 4) is 0 Å². The molecule has 0 aliphatic carbocycles. The second kappa shape index (κ2) is 17.4. The first-order valence-corrected chi connectivity index (χ1v) is 10.0. The van der Waals surface area contributed by atoms with E-state index in [1.54, 1.807) is 0 Å².